The Morgan fingerprint density at radius 3 is 2.62 bits per heavy atom. The van der Waals surface area contributed by atoms with Crippen molar-refractivity contribution < 1.29 is 19.4 Å². The Bertz CT molecular complexity index is 569. The van der Waals surface area contributed by atoms with Crippen LogP contribution in [0.25, 0.3) is 0 Å². The summed E-state index contributed by atoms with van der Waals surface area (Å²) in [5.41, 5.74) is 0.428. The lowest BCUT2D eigenvalue weighted by atomic mass is 9.74. The molecule has 0 radical (unpaired) electrons. The number of ether oxygens (including phenoxy) is 1. The molecule has 24 heavy (non-hydrogen) atoms. The maximum atomic E-state index is 12.3. The molecule has 1 amide bonds. The van der Waals surface area contributed by atoms with Gasteiger partial charge in [-0.2, -0.15) is 0 Å². The minimum atomic E-state index is -0.816. The topological polar surface area (TPSA) is 75.6 Å². The average Bonchev–Trinajstić information content (AvgIpc) is 2.54. The number of carboxylic acids is 1. The normalized spacial score (nSPS) is 23.5. The van der Waals surface area contributed by atoms with E-state index in [4.69, 9.17) is 4.74 Å². The lowest BCUT2D eigenvalue weighted by Crippen LogP contribution is -2.55. The molecule has 0 aromatic heterocycles. The van der Waals surface area contributed by atoms with Gasteiger partial charge < -0.3 is 15.2 Å². The molecule has 2 N–H and O–H groups in total. The van der Waals surface area contributed by atoms with Gasteiger partial charge in [-0.25, -0.2) is 0 Å². The molecule has 2 rings (SSSR count). The summed E-state index contributed by atoms with van der Waals surface area (Å²) < 4.78 is 5.40. The van der Waals surface area contributed by atoms with Crippen LogP contribution in [0.4, 0.5) is 0 Å². The van der Waals surface area contributed by atoms with E-state index < -0.39 is 17.4 Å². The predicted molar refractivity (Wildman–Crippen MR) is 92.1 cm³/mol. The fourth-order valence-corrected chi connectivity index (χ4v) is 3.44. The van der Waals surface area contributed by atoms with Crippen LogP contribution in [0.3, 0.4) is 0 Å². The van der Waals surface area contributed by atoms with Crippen molar-refractivity contribution in [2.24, 2.45) is 5.92 Å². The molecular weight excluding hydrogens is 306 g/mol. The third-order valence-electron chi connectivity index (χ3n) is 4.81. The molecule has 132 valence electrons. The van der Waals surface area contributed by atoms with Crippen molar-refractivity contribution >= 4 is 11.9 Å². The Kier molecular flexibility index (Phi) is 6.23. The summed E-state index contributed by atoms with van der Waals surface area (Å²) in [6.07, 6.45) is 4.21. The van der Waals surface area contributed by atoms with Gasteiger partial charge in [-0.1, -0.05) is 25.0 Å². The minimum Gasteiger partial charge on any atom is -0.494 e. The van der Waals surface area contributed by atoms with Gasteiger partial charge >= 0.3 is 5.97 Å². The molecule has 2 atom stereocenters. The van der Waals surface area contributed by atoms with Crippen molar-refractivity contribution in [3.8, 4) is 5.75 Å². The van der Waals surface area contributed by atoms with Crippen LogP contribution in [0.1, 0.15) is 51.5 Å². The number of aryl methyl sites for hydroxylation is 1. The first kappa shape index (κ1) is 18.3. The van der Waals surface area contributed by atoms with Crippen molar-refractivity contribution in [1.82, 2.24) is 5.32 Å². The predicted octanol–water partition coefficient (Wildman–Crippen LogP) is 3.17. The summed E-state index contributed by atoms with van der Waals surface area (Å²) >= 11 is 0. The zero-order valence-electron chi connectivity index (χ0n) is 14.5. The molecule has 0 saturated heterocycles. The van der Waals surface area contributed by atoms with E-state index in [0.29, 0.717) is 25.9 Å². The van der Waals surface area contributed by atoms with E-state index in [1.165, 1.54) is 0 Å². The fraction of sp³-hybridized carbons (Fsp3) is 0.579. The van der Waals surface area contributed by atoms with E-state index in [0.717, 1.165) is 30.6 Å². The van der Waals surface area contributed by atoms with E-state index in [-0.39, 0.29) is 5.91 Å². The Morgan fingerprint density at radius 2 is 2.00 bits per heavy atom. The van der Waals surface area contributed by atoms with Crippen molar-refractivity contribution in [1.29, 1.82) is 0 Å². The second-order valence-corrected chi connectivity index (χ2v) is 6.68. The van der Waals surface area contributed by atoms with Gasteiger partial charge in [-0.3, -0.25) is 9.59 Å². The van der Waals surface area contributed by atoms with Crippen LogP contribution in [0.5, 0.6) is 5.75 Å². The Hall–Kier alpha value is -2.04. The molecule has 5 nitrogen and oxygen atoms in total. The number of amides is 1. The summed E-state index contributed by atoms with van der Waals surface area (Å²) in [5.74, 6) is -0.575. The maximum absolute atomic E-state index is 12.3. The Labute approximate surface area is 143 Å². The highest BCUT2D eigenvalue weighted by molar-refractivity contribution is 5.79. The van der Waals surface area contributed by atoms with Crippen LogP contribution >= 0.6 is 0 Å². The van der Waals surface area contributed by atoms with Crippen molar-refractivity contribution in [2.75, 3.05) is 6.61 Å². The monoisotopic (exact) mass is 333 g/mol. The van der Waals surface area contributed by atoms with Gasteiger partial charge in [0.25, 0.3) is 0 Å². The Balaban J connectivity index is 1.88. The summed E-state index contributed by atoms with van der Waals surface area (Å²) in [5, 5.41) is 12.4. The number of nitrogens with one attached hydrogen (secondary N) is 1. The van der Waals surface area contributed by atoms with Crippen molar-refractivity contribution in [2.45, 2.75) is 57.9 Å². The molecule has 2 unspecified atom stereocenters. The largest absolute Gasteiger partial charge is 0.494 e. The number of hydrogen-bond acceptors (Lipinski definition) is 3. The molecule has 1 aromatic carbocycles. The smallest absolute Gasteiger partial charge is 0.308 e. The van der Waals surface area contributed by atoms with Gasteiger partial charge in [0.15, 0.2) is 0 Å². The summed E-state index contributed by atoms with van der Waals surface area (Å²) in [6.45, 7) is 4.43. The van der Waals surface area contributed by atoms with Gasteiger partial charge in [0, 0.05) is 6.42 Å². The molecule has 1 aliphatic rings. The van der Waals surface area contributed by atoms with Crippen LogP contribution in [-0.2, 0) is 16.0 Å². The maximum Gasteiger partial charge on any atom is 0.308 e. The van der Waals surface area contributed by atoms with Crippen LogP contribution in [0, 0.1) is 5.92 Å². The lowest BCUT2D eigenvalue weighted by molar-refractivity contribution is -0.146. The zero-order valence-corrected chi connectivity index (χ0v) is 14.5. The van der Waals surface area contributed by atoms with E-state index >= 15 is 0 Å². The molecular formula is C19H27NO4. The molecule has 0 spiro atoms. The van der Waals surface area contributed by atoms with Gasteiger partial charge in [-0.15, -0.1) is 0 Å². The molecule has 0 heterocycles. The van der Waals surface area contributed by atoms with Crippen LogP contribution in [-0.4, -0.2) is 29.1 Å². The number of benzene rings is 1. The third kappa shape index (κ3) is 4.73. The number of carbonyl (C=O) groups is 2. The molecule has 1 aliphatic carbocycles. The highest BCUT2D eigenvalue weighted by Gasteiger charge is 2.41. The van der Waals surface area contributed by atoms with Gasteiger partial charge in [0.05, 0.1) is 18.1 Å². The van der Waals surface area contributed by atoms with E-state index in [2.05, 4.69) is 5.32 Å². The molecule has 1 aromatic rings. The number of aliphatic carboxylic acids is 1. The van der Waals surface area contributed by atoms with Crippen LogP contribution < -0.4 is 10.1 Å². The molecule has 1 saturated carbocycles. The fourth-order valence-electron chi connectivity index (χ4n) is 3.44. The molecule has 0 bridgehead atoms. The molecule has 0 aliphatic heterocycles. The number of hydrogen-bond donors (Lipinski definition) is 2. The van der Waals surface area contributed by atoms with Crippen LogP contribution in [0.2, 0.25) is 0 Å². The second-order valence-electron chi connectivity index (χ2n) is 6.68. The average molecular weight is 333 g/mol. The molecule has 5 heteroatoms. The summed E-state index contributed by atoms with van der Waals surface area (Å²) in [6, 6.07) is 7.72. The van der Waals surface area contributed by atoms with E-state index in [1.54, 1.807) is 0 Å². The van der Waals surface area contributed by atoms with Crippen LogP contribution in [0.15, 0.2) is 24.3 Å². The summed E-state index contributed by atoms with van der Waals surface area (Å²) in [7, 11) is 0. The summed E-state index contributed by atoms with van der Waals surface area (Å²) in [4.78, 5) is 23.8. The first-order valence-corrected chi connectivity index (χ1v) is 8.70. The number of carboxylic acid groups (broad SMARTS) is 1. The van der Waals surface area contributed by atoms with E-state index in [9.17, 15) is 14.7 Å². The minimum absolute atomic E-state index is 0.0838. The van der Waals surface area contributed by atoms with Gasteiger partial charge in [0.2, 0.25) is 5.91 Å². The number of carbonyl (C=O) groups excluding carboxylic acids is 1. The quantitative estimate of drug-likeness (QED) is 0.803. The second kappa shape index (κ2) is 8.18. The highest BCUT2D eigenvalue weighted by Crippen LogP contribution is 2.34. The third-order valence-corrected chi connectivity index (χ3v) is 4.81. The van der Waals surface area contributed by atoms with Gasteiger partial charge in [-0.05, 0) is 50.8 Å². The Morgan fingerprint density at radius 1 is 1.29 bits per heavy atom. The standard InChI is InChI=1S/C19H27NO4/c1-3-24-15-10-7-14(8-11-15)9-12-17(21)20-19(2)13-5-4-6-16(19)18(22)23/h7-8,10-11,16H,3-6,9,12-13H2,1-2H3,(H,20,21)(H,22,23). The number of rotatable bonds is 7. The lowest BCUT2D eigenvalue weighted by Gasteiger charge is -2.39. The highest BCUT2D eigenvalue weighted by atomic mass is 16.5. The first-order chi connectivity index (χ1) is 11.4. The first-order valence-electron chi connectivity index (χ1n) is 8.70. The zero-order chi connectivity index (χ0) is 17.6. The SMILES string of the molecule is CCOc1ccc(CCC(=O)NC2(C)CCCCC2C(=O)O)cc1. The molecule has 1 fully saturated rings. The van der Waals surface area contributed by atoms with Crippen molar-refractivity contribution in [3.05, 3.63) is 29.8 Å². The van der Waals surface area contributed by atoms with Gasteiger partial charge in [0.1, 0.15) is 5.75 Å². The van der Waals surface area contributed by atoms with Crippen molar-refractivity contribution in [3.63, 3.8) is 0 Å². The van der Waals surface area contributed by atoms with E-state index in [1.807, 2.05) is 38.1 Å².